The summed E-state index contributed by atoms with van der Waals surface area (Å²) in [4.78, 5) is 17.1. The number of ether oxygens (including phenoxy) is 1. The maximum Gasteiger partial charge on any atom is 0.209 e. The first-order chi connectivity index (χ1) is 12.5. The normalized spacial score (nSPS) is 12.6. The highest BCUT2D eigenvalue weighted by molar-refractivity contribution is 7.99. The van der Waals surface area contributed by atoms with E-state index in [-0.39, 0.29) is 6.10 Å². The largest absolute Gasteiger partial charge is 0.491 e. The Morgan fingerprint density at radius 2 is 2.00 bits per heavy atom. The predicted octanol–water partition coefficient (Wildman–Crippen LogP) is 5.21. The Hall–Kier alpha value is -1.85. The molecule has 0 aliphatic carbocycles. The molecule has 3 rings (SSSR count). The van der Waals surface area contributed by atoms with Gasteiger partial charge in [-0.05, 0) is 56.7 Å². The molecule has 0 spiro atoms. The molecule has 0 fully saturated rings. The lowest BCUT2D eigenvalue weighted by Crippen LogP contribution is -2.26. The molecule has 1 aliphatic rings. The van der Waals surface area contributed by atoms with E-state index in [1.54, 1.807) is 23.7 Å². The van der Waals surface area contributed by atoms with Crippen LogP contribution in [0.3, 0.4) is 0 Å². The van der Waals surface area contributed by atoms with Gasteiger partial charge in [-0.15, -0.1) is 0 Å². The number of hydrogen-bond donors (Lipinski definition) is 0. The van der Waals surface area contributed by atoms with E-state index < -0.39 is 0 Å². The van der Waals surface area contributed by atoms with E-state index >= 15 is 0 Å². The van der Waals surface area contributed by atoms with Crippen LogP contribution in [0.1, 0.15) is 20.3 Å². The lowest BCUT2D eigenvalue weighted by atomic mass is 10.2. The second-order valence-corrected chi connectivity index (χ2v) is 8.12. The van der Waals surface area contributed by atoms with Gasteiger partial charge in [-0.1, -0.05) is 23.4 Å². The van der Waals surface area contributed by atoms with Gasteiger partial charge in [0.15, 0.2) is 0 Å². The molecular formula is C20H23ClN2O2S. The van der Waals surface area contributed by atoms with Crippen molar-refractivity contribution in [2.45, 2.75) is 36.2 Å². The van der Waals surface area contributed by atoms with E-state index in [0.29, 0.717) is 6.54 Å². The number of carbonyl (C=O) groups excluding carboxylic acids is 1. The molecule has 138 valence electrons. The summed E-state index contributed by atoms with van der Waals surface area (Å²) in [7, 11) is 1.80. The van der Waals surface area contributed by atoms with Gasteiger partial charge >= 0.3 is 0 Å². The molecule has 6 heteroatoms. The molecular weight excluding hydrogens is 368 g/mol. The highest BCUT2D eigenvalue weighted by atomic mass is 35.5. The number of hydrogen-bond acceptors (Lipinski definition) is 4. The van der Waals surface area contributed by atoms with E-state index in [9.17, 15) is 4.79 Å². The Morgan fingerprint density at radius 1 is 1.19 bits per heavy atom. The summed E-state index contributed by atoms with van der Waals surface area (Å²) in [6, 6.07) is 12.2. The third-order valence-corrected chi connectivity index (χ3v) is 5.45. The zero-order chi connectivity index (χ0) is 18.7. The van der Waals surface area contributed by atoms with Gasteiger partial charge in [-0.25, -0.2) is 0 Å². The standard InChI is InChI=1S/C20H23ClN2O2S/c1-14(2)25-16-6-7-17-20(12-16)26-19-8-5-15(21)11-18(19)23(17)10-4-9-22(3)13-24/h5-8,11-14H,4,9-10H2,1-3H3. The van der Waals surface area contributed by atoms with Crippen molar-refractivity contribution in [2.24, 2.45) is 0 Å². The summed E-state index contributed by atoms with van der Waals surface area (Å²) < 4.78 is 5.85. The third kappa shape index (κ3) is 4.27. The molecule has 0 bridgehead atoms. The van der Waals surface area contributed by atoms with Crippen LogP contribution in [0.2, 0.25) is 5.02 Å². The smallest absolute Gasteiger partial charge is 0.209 e. The Kier molecular flexibility index (Phi) is 5.99. The van der Waals surface area contributed by atoms with Gasteiger partial charge in [-0.3, -0.25) is 4.79 Å². The Bertz CT molecular complexity index is 797. The van der Waals surface area contributed by atoms with Crippen molar-refractivity contribution in [1.29, 1.82) is 0 Å². The number of fused-ring (bicyclic) bond motifs is 2. The second kappa shape index (κ2) is 8.23. The Balaban J connectivity index is 1.91. The molecule has 0 saturated heterocycles. The highest BCUT2D eigenvalue weighted by Crippen LogP contribution is 2.49. The third-order valence-electron chi connectivity index (χ3n) is 4.10. The Labute approximate surface area is 164 Å². The predicted molar refractivity (Wildman–Crippen MR) is 108 cm³/mol. The first-order valence-electron chi connectivity index (χ1n) is 8.69. The van der Waals surface area contributed by atoms with Crippen LogP contribution in [-0.4, -0.2) is 37.6 Å². The van der Waals surface area contributed by atoms with Crippen molar-refractivity contribution in [3.8, 4) is 5.75 Å². The van der Waals surface area contributed by atoms with Crippen LogP contribution < -0.4 is 9.64 Å². The molecule has 0 saturated carbocycles. The highest BCUT2D eigenvalue weighted by Gasteiger charge is 2.24. The fourth-order valence-electron chi connectivity index (χ4n) is 2.95. The van der Waals surface area contributed by atoms with Gasteiger partial charge < -0.3 is 14.5 Å². The first-order valence-corrected chi connectivity index (χ1v) is 9.88. The van der Waals surface area contributed by atoms with E-state index in [4.69, 9.17) is 16.3 Å². The lowest BCUT2D eigenvalue weighted by molar-refractivity contribution is -0.117. The van der Waals surface area contributed by atoms with E-state index in [1.807, 2.05) is 32.0 Å². The number of halogens is 1. The monoisotopic (exact) mass is 390 g/mol. The van der Waals surface area contributed by atoms with E-state index in [0.717, 1.165) is 41.5 Å². The molecule has 2 aromatic rings. The number of amides is 1. The van der Waals surface area contributed by atoms with Crippen LogP contribution in [0.25, 0.3) is 0 Å². The quantitative estimate of drug-likeness (QED) is 0.607. The molecule has 2 aromatic carbocycles. The van der Waals surface area contributed by atoms with Crippen LogP contribution in [0.15, 0.2) is 46.2 Å². The molecule has 4 nitrogen and oxygen atoms in total. The molecule has 0 atom stereocenters. The van der Waals surface area contributed by atoms with Crippen molar-refractivity contribution < 1.29 is 9.53 Å². The minimum Gasteiger partial charge on any atom is -0.491 e. The van der Waals surface area contributed by atoms with Gasteiger partial charge in [0.25, 0.3) is 0 Å². The minimum atomic E-state index is 0.141. The molecule has 1 amide bonds. The lowest BCUT2D eigenvalue weighted by Gasteiger charge is -2.33. The summed E-state index contributed by atoms with van der Waals surface area (Å²) in [5.41, 5.74) is 2.26. The van der Waals surface area contributed by atoms with Crippen molar-refractivity contribution >= 4 is 41.1 Å². The molecule has 0 aromatic heterocycles. The second-order valence-electron chi connectivity index (χ2n) is 6.60. The first kappa shape index (κ1) is 18.9. The van der Waals surface area contributed by atoms with Crippen molar-refractivity contribution in [3.05, 3.63) is 41.4 Å². The minimum absolute atomic E-state index is 0.141. The number of benzene rings is 2. The van der Waals surface area contributed by atoms with Crippen molar-refractivity contribution in [2.75, 3.05) is 25.0 Å². The van der Waals surface area contributed by atoms with Crippen LogP contribution in [-0.2, 0) is 4.79 Å². The maximum atomic E-state index is 10.8. The van der Waals surface area contributed by atoms with Gasteiger partial charge in [-0.2, -0.15) is 0 Å². The van der Waals surface area contributed by atoms with Crippen LogP contribution in [0.4, 0.5) is 11.4 Å². The van der Waals surface area contributed by atoms with Crippen LogP contribution in [0, 0.1) is 0 Å². The maximum absolute atomic E-state index is 10.8. The van der Waals surface area contributed by atoms with Gasteiger partial charge in [0.1, 0.15) is 5.75 Å². The molecule has 0 radical (unpaired) electrons. The fourth-order valence-corrected chi connectivity index (χ4v) is 4.22. The number of carbonyl (C=O) groups is 1. The average Bonchev–Trinajstić information content (AvgIpc) is 2.60. The topological polar surface area (TPSA) is 32.8 Å². The summed E-state index contributed by atoms with van der Waals surface area (Å²) >= 11 is 7.98. The number of rotatable bonds is 7. The molecule has 26 heavy (non-hydrogen) atoms. The molecule has 1 aliphatic heterocycles. The zero-order valence-corrected chi connectivity index (χ0v) is 16.8. The fraction of sp³-hybridized carbons (Fsp3) is 0.350. The van der Waals surface area contributed by atoms with Crippen molar-refractivity contribution in [1.82, 2.24) is 4.90 Å². The summed E-state index contributed by atoms with van der Waals surface area (Å²) in [6.45, 7) is 5.58. The zero-order valence-electron chi connectivity index (χ0n) is 15.2. The van der Waals surface area contributed by atoms with E-state index in [2.05, 4.69) is 23.1 Å². The summed E-state index contributed by atoms with van der Waals surface area (Å²) in [5, 5.41) is 0.725. The van der Waals surface area contributed by atoms with Gasteiger partial charge in [0, 0.05) is 35.0 Å². The molecule has 1 heterocycles. The average molecular weight is 391 g/mol. The van der Waals surface area contributed by atoms with E-state index in [1.165, 1.54) is 9.79 Å². The van der Waals surface area contributed by atoms with Gasteiger partial charge in [0.05, 0.1) is 17.5 Å². The Morgan fingerprint density at radius 3 is 2.73 bits per heavy atom. The van der Waals surface area contributed by atoms with Crippen LogP contribution >= 0.6 is 23.4 Å². The van der Waals surface area contributed by atoms with Crippen molar-refractivity contribution in [3.63, 3.8) is 0 Å². The number of anilines is 2. The number of nitrogens with zero attached hydrogens (tertiary/aromatic N) is 2. The summed E-state index contributed by atoms with van der Waals surface area (Å²) in [6.07, 6.45) is 1.87. The summed E-state index contributed by atoms with van der Waals surface area (Å²) in [5.74, 6) is 0.879. The molecule has 0 N–H and O–H groups in total. The van der Waals surface area contributed by atoms with Gasteiger partial charge in [0.2, 0.25) is 6.41 Å². The molecule has 0 unspecified atom stereocenters. The SMILES string of the molecule is CC(C)Oc1ccc2c(c1)Sc1ccc(Cl)cc1N2CCCN(C)C=O. The van der Waals surface area contributed by atoms with Crippen LogP contribution in [0.5, 0.6) is 5.75 Å².